The number of aromatic nitrogens is 2. The first kappa shape index (κ1) is 15.5. The molecule has 0 radical (unpaired) electrons. The maximum absolute atomic E-state index is 12.5. The fraction of sp³-hybridized carbons (Fsp3) is 0.778. The van der Waals surface area contributed by atoms with E-state index in [-0.39, 0.29) is 24.2 Å². The molecule has 2 N–H and O–H groups in total. The first-order valence-corrected chi connectivity index (χ1v) is 8.97. The van der Waals surface area contributed by atoms with Crippen molar-refractivity contribution in [1.82, 2.24) is 15.3 Å². The monoisotopic (exact) mass is 335 g/mol. The van der Waals surface area contributed by atoms with Crippen molar-refractivity contribution >= 4 is 18.3 Å². The standard InChI is InChI=1S/C18H25N3O.ClH/c22-17(15-4-14(15)16-8-19-10-21-16)20-9-18-5-11-1-12(6-18)3-13(2-11)7-18;/h8,10-15H,1-7,9H2,(H,19,21)(H,20,22);1H/t11?,12?,13?,14-,15?,18?;/m0./s1. The molecule has 4 nitrogen and oxygen atoms in total. The third kappa shape index (κ3) is 2.69. The van der Waals surface area contributed by atoms with Gasteiger partial charge in [0.1, 0.15) is 0 Å². The van der Waals surface area contributed by atoms with Crippen LogP contribution in [-0.2, 0) is 4.79 Å². The van der Waals surface area contributed by atoms with E-state index in [4.69, 9.17) is 0 Å². The van der Waals surface area contributed by atoms with Gasteiger partial charge in [0.05, 0.1) is 6.33 Å². The fourth-order valence-electron chi connectivity index (χ4n) is 6.21. The average molecular weight is 336 g/mol. The second-order valence-corrected chi connectivity index (χ2v) is 8.59. The van der Waals surface area contributed by atoms with Crippen molar-refractivity contribution in [3.8, 4) is 0 Å². The lowest BCUT2D eigenvalue weighted by molar-refractivity contribution is -0.124. The van der Waals surface area contributed by atoms with E-state index in [0.29, 0.717) is 11.3 Å². The van der Waals surface area contributed by atoms with Crippen LogP contribution in [0.3, 0.4) is 0 Å². The summed E-state index contributed by atoms with van der Waals surface area (Å²) in [4.78, 5) is 19.7. The Morgan fingerprint density at radius 1 is 1.17 bits per heavy atom. The number of halogens is 1. The van der Waals surface area contributed by atoms with Crippen molar-refractivity contribution in [3.63, 3.8) is 0 Å². The number of rotatable bonds is 4. The van der Waals surface area contributed by atoms with E-state index >= 15 is 0 Å². The Morgan fingerprint density at radius 2 is 1.83 bits per heavy atom. The van der Waals surface area contributed by atoms with Crippen LogP contribution in [0.1, 0.15) is 56.6 Å². The summed E-state index contributed by atoms with van der Waals surface area (Å²) in [5.41, 5.74) is 1.57. The topological polar surface area (TPSA) is 57.8 Å². The Labute approximate surface area is 143 Å². The molecule has 5 aliphatic rings. The van der Waals surface area contributed by atoms with Gasteiger partial charge in [0.2, 0.25) is 5.91 Å². The largest absolute Gasteiger partial charge is 0.355 e. The highest BCUT2D eigenvalue weighted by molar-refractivity contribution is 5.85. The highest BCUT2D eigenvalue weighted by Crippen LogP contribution is 2.59. The summed E-state index contributed by atoms with van der Waals surface area (Å²) < 4.78 is 0. The highest BCUT2D eigenvalue weighted by Gasteiger charge is 2.51. The van der Waals surface area contributed by atoms with Gasteiger partial charge < -0.3 is 10.3 Å². The van der Waals surface area contributed by atoms with Crippen molar-refractivity contribution in [1.29, 1.82) is 0 Å². The molecular formula is C18H26ClN3O. The molecule has 2 atom stereocenters. The number of carbonyl (C=O) groups is 1. The molecule has 0 spiro atoms. The summed E-state index contributed by atoms with van der Waals surface area (Å²) in [5.74, 6) is 3.70. The number of nitrogens with zero attached hydrogens (tertiary/aromatic N) is 1. The number of amides is 1. The van der Waals surface area contributed by atoms with Crippen LogP contribution in [-0.4, -0.2) is 22.4 Å². The van der Waals surface area contributed by atoms with Gasteiger partial charge >= 0.3 is 0 Å². The minimum absolute atomic E-state index is 0. The van der Waals surface area contributed by atoms with Crippen molar-refractivity contribution in [2.45, 2.75) is 50.9 Å². The zero-order valence-corrected chi connectivity index (χ0v) is 14.3. The average Bonchev–Trinajstić information content (AvgIpc) is 3.09. The van der Waals surface area contributed by atoms with Crippen LogP contribution in [0.2, 0.25) is 0 Å². The fourth-order valence-corrected chi connectivity index (χ4v) is 6.21. The maximum Gasteiger partial charge on any atom is 0.223 e. The van der Waals surface area contributed by atoms with E-state index in [9.17, 15) is 4.79 Å². The molecule has 0 saturated heterocycles. The molecule has 1 aromatic heterocycles. The van der Waals surface area contributed by atoms with Crippen LogP contribution < -0.4 is 5.32 Å². The summed E-state index contributed by atoms with van der Waals surface area (Å²) in [6.45, 7) is 0.932. The lowest BCUT2D eigenvalue weighted by atomic mass is 9.49. The summed E-state index contributed by atoms with van der Waals surface area (Å²) in [7, 11) is 0. The van der Waals surface area contributed by atoms with Crippen LogP contribution in [0, 0.1) is 29.1 Å². The Kier molecular flexibility index (Phi) is 3.71. The molecule has 5 aliphatic carbocycles. The molecule has 1 amide bonds. The Hall–Kier alpha value is -1.03. The van der Waals surface area contributed by atoms with Gasteiger partial charge in [0, 0.05) is 30.3 Å². The Morgan fingerprint density at radius 3 is 2.39 bits per heavy atom. The van der Waals surface area contributed by atoms with E-state index < -0.39 is 0 Å². The van der Waals surface area contributed by atoms with Crippen LogP contribution in [0.5, 0.6) is 0 Å². The zero-order chi connectivity index (χ0) is 14.7. The molecule has 23 heavy (non-hydrogen) atoms. The predicted octanol–water partition coefficient (Wildman–Crippen LogP) is 3.27. The number of hydrogen-bond acceptors (Lipinski definition) is 2. The minimum atomic E-state index is 0. The predicted molar refractivity (Wildman–Crippen MR) is 90.3 cm³/mol. The van der Waals surface area contributed by atoms with E-state index in [0.717, 1.165) is 36.4 Å². The normalized spacial score (nSPS) is 43.0. The van der Waals surface area contributed by atoms with Gasteiger partial charge in [-0.05, 0) is 68.1 Å². The summed E-state index contributed by atoms with van der Waals surface area (Å²) in [6, 6.07) is 0. The van der Waals surface area contributed by atoms with Gasteiger partial charge in [-0.2, -0.15) is 0 Å². The molecule has 1 heterocycles. The number of hydrogen-bond donors (Lipinski definition) is 2. The van der Waals surface area contributed by atoms with Crippen molar-refractivity contribution in [2.75, 3.05) is 6.54 Å². The summed E-state index contributed by atoms with van der Waals surface area (Å²) in [5, 5.41) is 3.32. The van der Waals surface area contributed by atoms with Gasteiger partial charge in [-0.1, -0.05) is 0 Å². The number of aromatic amines is 1. The highest BCUT2D eigenvalue weighted by atomic mass is 35.5. The molecule has 6 rings (SSSR count). The van der Waals surface area contributed by atoms with Gasteiger partial charge in [-0.25, -0.2) is 4.98 Å². The smallest absolute Gasteiger partial charge is 0.223 e. The molecule has 4 bridgehead atoms. The third-order valence-electron chi connectivity index (χ3n) is 6.85. The van der Waals surface area contributed by atoms with Crippen LogP contribution in [0.15, 0.2) is 12.5 Å². The number of imidazole rings is 1. The summed E-state index contributed by atoms with van der Waals surface area (Å²) in [6.07, 6.45) is 13.1. The van der Waals surface area contributed by atoms with Gasteiger partial charge in [0.25, 0.3) is 0 Å². The molecule has 0 aromatic carbocycles. The first-order valence-electron chi connectivity index (χ1n) is 8.97. The minimum Gasteiger partial charge on any atom is -0.355 e. The van der Waals surface area contributed by atoms with Crippen LogP contribution in [0.25, 0.3) is 0 Å². The lowest BCUT2D eigenvalue weighted by Crippen LogP contribution is -2.51. The molecule has 1 aromatic rings. The van der Waals surface area contributed by atoms with Crippen molar-refractivity contribution < 1.29 is 4.79 Å². The van der Waals surface area contributed by atoms with Gasteiger partial charge in [-0.3, -0.25) is 4.79 Å². The third-order valence-corrected chi connectivity index (χ3v) is 6.85. The lowest BCUT2D eigenvalue weighted by Gasteiger charge is -2.56. The SMILES string of the molecule is Cl.O=C(NCC12CC3CC(CC(C3)C1)C2)C1C[C@@H]1c1cnc[nH]1. The quantitative estimate of drug-likeness (QED) is 0.887. The maximum atomic E-state index is 12.5. The zero-order valence-electron chi connectivity index (χ0n) is 13.5. The van der Waals surface area contributed by atoms with Gasteiger partial charge in [0.15, 0.2) is 0 Å². The Balaban J connectivity index is 0.00000135. The van der Waals surface area contributed by atoms with Crippen LogP contribution >= 0.6 is 12.4 Å². The second-order valence-electron chi connectivity index (χ2n) is 8.59. The number of H-pyrrole nitrogens is 1. The molecule has 0 aliphatic heterocycles. The van der Waals surface area contributed by atoms with E-state index in [1.165, 1.54) is 38.5 Å². The van der Waals surface area contributed by atoms with Crippen molar-refractivity contribution in [3.05, 3.63) is 18.2 Å². The van der Waals surface area contributed by atoms with Gasteiger partial charge in [-0.15, -0.1) is 12.4 Å². The van der Waals surface area contributed by atoms with Crippen LogP contribution in [0.4, 0.5) is 0 Å². The Bertz CT molecular complexity index is 550. The number of nitrogens with one attached hydrogen (secondary N) is 2. The molecule has 126 valence electrons. The first-order chi connectivity index (χ1) is 10.7. The molecule has 5 fully saturated rings. The molecule has 1 unspecified atom stereocenters. The summed E-state index contributed by atoms with van der Waals surface area (Å²) >= 11 is 0. The molecular weight excluding hydrogens is 310 g/mol. The molecule has 5 heteroatoms. The van der Waals surface area contributed by atoms with E-state index in [1.807, 2.05) is 6.20 Å². The molecule has 5 saturated carbocycles. The van der Waals surface area contributed by atoms with E-state index in [1.54, 1.807) is 6.33 Å². The van der Waals surface area contributed by atoms with Crippen molar-refractivity contribution in [2.24, 2.45) is 29.1 Å². The van der Waals surface area contributed by atoms with E-state index in [2.05, 4.69) is 15.3 Å². The number of carbonyl (C=O) groups excluding carboxylic acids is 1. The second kappa shape index (κ2) is 5.51.